The summed E-state index contributed by atoms with van der Waals surface area (Å²) in [6, 6.07) is 16.3. The Labute approximate surface area is 218 Å². The summed E-state index contributed by atoms with van der Waals surface area (Å²) in [5.41, 5.74) is 0.873. The molecule has 9 nitrogen and oxygen atoms in total. The van der Waals surface area contributed by atoms with Crippen LogP contribution < -0.4 is 5.32 Å². The smallest absolute Gasteiger partial charge is 0.464 e. The van der Waals surface area contributed by atoms with Gasteiger partial charge in [0.1, 0.15) is 22.1 Å². The monoisotopic (exact) mass is 527 g/mol. The van der Waals surface area contributed by atoms with Gasteiger partial charge in [-0.05, 0) is 63.8 Å². The molecule has 3 N–H and O–H groups in total. The first-order valence-corrected chi connectivity index (χ1v) is 13.9. The van der Waals surface area contributed by atoms with Gasteiger partial charge in [-0.25, -0.2) is 17.7 Å². The van der Waals surface area contributed by atoms with E-state index in [4.69, 9.17) is 13.5 Å². The molecule has 37 heavy (non-hydrogen) atoms. The predicted molar refractivity (Wildman–Crippen MR) is 143 cm³/mol. The van der Waals surface area contributed by atoms with Crippen LogP contribution in [-0.4, -0.2) is 62.4 Å². The second-order valence-electron chi connectivity index (χ2n) is 10.2. The van der Waals surface area contributed by atoms with Crippen LogP contribution in [0.25, 0.3) is 11.0 Å². The van der Waals surface area contributed by atoms with Crippen molar-refractivity contribution in [2.45, 2.75) is 62.5 Å². The van der Waals surface area contributed by atoms with E-state index in [1.165, 1.54) is 0 Å². The van der Waals surface area contributed by atoms with E-state index in [9.17, 15) is 19.1 Å². The molecule has 1 unspecified atom stereocenters. The van der Waals surface area contributed by atoms with Crippen molar-refractivity contribution in [3.05, 3.63) is 66.4 Å². The van der Waals surface area contributed by atoms with Crippen LogP contribution in [0.15, 0.2) is 74.5 Å². The number of carbonyl (C=O) groups excluding carboxylic acids is 1. The summed E-state index contributed by atoms with van der Waals surface area (Å²) in [5, 5.41) is 23.2. The second-order valence-corrected chi connectivity index (χ2v) is 12.3. The maximum absolute atomic E-state index is 14.3. The Morgan fingerprint density at radius 2 is 1.92 bits per heavy atom. The number of ether oxygens (including phenoxy) is 1. The molecule has 3 aromatic rings. The lowest BCUT2D eigenvalue weighted by Crippen LogP contribution is -2.49. The molecule has 1 aromatic heterocycles. The van der Waals surface area contributed by atoms with Gasteiger partial charge in [0.25, 0.3) is 0 Å². The van der Waals surface area contributed by atoms with Gasteiger partial charge in [0.2, 0.25) is 0 Å². The fourth-order valence-corrected chi connectivity index (χ4v) is 7.22. The number of hydrogen-bond acceptors (Lipinski definition) is 7. The topological polar surface area (TPSA) is 125 Å². The molecule has 0 saturated carbocycles. The summed E-state index contributed by atoms with van der Waals surface area (Å²) in [6.07, 6.45) is 2.40. The van der Waals surface area contributed by atoms with Crippen molar-refractivity contribution < 1.29 is 28.2 Å². The number of rotatable bonds is 8. The molecule has 0 spiro atoms. The first kappa shape index (κ1) is 27.2. The highest BCUT2D eigenvalue weighted by atomic mass is 32.2. The SMILES string of the molecule is CC(C)(C)N=S(=O)(c1ccccc1)N1CCC[C@@H]1COC(=O)N[C@@H](Cc1coc2ccccc12)B(O)O. The Bertz CT molecular complexity index is 1330. The number of fused-ring (bicyclic) bond motifs is 1. The molecule has 198 valence electrons. The summed E-state index contributed by atoms with van der Waals surface area (Å²) in [4.78, 5) is 13.3. The normalized spacial score (nSPS) is 18.8. The zero-order valence-corrected chi connectivity index (χ0v) is 22.2. The maximum Gasteiger partial charge on any atom is 0.475 e. The van der Waals surface area contributed by atoms with Crippen LogP contribution >= 0.6 is 0 Å². The Balaban J connectivity index is 1.45. The van der Waals surface area contributed by atoms with E-state index < -0.39 is 34.6 Å². The fraction of sp³-hybridized carbons (Fsp3) is 0.423. The largest absolute Gasteiger partial charge is 0.475 e. The van der Waals surface area contributed by atoms with Crippen LogP contribution in [-0.2, 0) is 21.1 Å². The quantitative estimate of drug-likeness (QED) is 0.383. The number of para-hydroxylation sites is 1. The maximum atomic E-state index is 14.3. The first-order chi connectivity index (χ1) is 17.6. The van der Waals surface area contributed by atoms with Gasteiger partial charge in [0.15, 0.2) is 0 Å². The Morgan fingerprint density at radius 1 is 1.22 bits per heavy atom. The zero-order chi connectivity index (χ0) is 26.6. The fourth-order valence-electron chi connectivity index (χ4n) is 4.53. The van der Waals surface area contributed by atoms with E-state index in [0.717, 1.165) is 17.4 Å². The molecular formula is C26H34BN3O6S. The number of nitrogens with one attached hydrogen (secondary N) is 1. The average molecular weight is 527 g/mol. The van der Waals surface area contributed by atoms with Gasteiger partial charge in [-0.1, -0.05) is 36.4 Å². The molecule has 1 amide bonds. The van der Waals surface area contributed by atoms with Crippen LogP contribution in [0.3, 0.4) is 0 Å². The van der Waals surface area contributed by atoms with Crippen molar-refractivity contribution in [2.24, 2.45) is 4.36 Å². The Hall–Kier alpha value is -2.86. The molecule has 2 heterocycles. The van der Waals surface area contributed by atoms with E-state index in [2.05, 4.69) is 5.32 Å². The molecule has 11 heteroatoms. The van der Waals surface area contributed by atoms with Gasteiger partial charge in [-0.3, -0.25) is 0 Å². The van der Waals surface area contributed by atoms with Crippen molar-refractivity contribution >= 4 is 34.1 Å². The van der Waals surface area contributed by atoms with E-state index in [-0.39, 0.29) is 19.1 Å². The van der Waals surface area contributed by atoms with Crippen LogP contribution in [0.4, 0.5) is 4.79 Å². The number of furan rings is 1. The van der Waals surface area contributed by atoms with Gasteiger partial charge < -0.3 is 24.5 Å². The highest BCUT2D eigenvalue weighted by Gasteiger charge is 2.36. The number of hydrogen-bond donors (Lipinski definition) is 3. The highest BCUT2D eigenvalue weighted by Crippen LogP contribution is 2.30. The summed E-state index contributed by atoms with van der Waals surface area (Å²) in [5.74, 6) is -1.00. The van der Waals surface area contributed by atoms with Crippen molar-refractivity contribution in [3.8, 4) is 0 Å². The highest BCUT2D eigenvalue weighted by molar-refractivity contribution is 7.91. The van der Waals surface area contributed by atoms with Crippen molar-refractivity contribution in [1.82, 2.24) is 9.62 Å². The zero-order valence-electron chi connectivity index (χ0n) is 21.4. The number of carbonyl (C=O) groups is 1. The Morgan fingerprint density at radius 3 is 2.62 bits per heavy atom. The van der Waals surface area contributed by atoms with Crippen molar-refractivity contribution in [3.63, 3.8) is 0 Å². The van der Waals surface area contributed by atoms with E-state index >= 15 is 0 Å². The third kappa shape index (κ3) is 6.53. The molecule has 3 atom stereocenters. The third-order valence-electron chi connectivity index (χ3n) is 6.16. The molecule has 1 aliphatic rings. The minimum Gasteiger partial charge on any atom is -0.464 e. The van der Waals surface area contributed by atoms with Crippen LogP contribution in [0, 0.1) is 0 Å². The standard InChI is InChI=1S/C26H34BN3O6S/c1-26(2,3)29-37(34,21-11-5-4-6-12-21)30-15-9-10-20(30)18-36-25(31)28-24(27(32)33)16-19-17-35-23-14-8-7-13-22(19)23/h4-8,11-14,17,20,24,32-33H,9-10,15-16,18H2,1-3H3,(H,28,31)/t20-,24+,37?/m1/s1. The number of amides is 1. The number of nitrogens with zero attached hydrogens (tertiary/aromatic N) is 2. The van der Waals surface area contributed by atoms with Crippen molar-refractivity contribution in [2.75, 3.05) is 13.2 Å². The van der Waals surface area contributed by atoms with Gasteiger partial charge >= 0.3 is 13.2 Å². The second kappa shape index (κ2) is 11.3. The van der Waals surface area contributed by atoms with E-state index in [1.54, 1.807) is 6.26 Å². The van der Waals surface area contributed by atoms with Crippen LogP contribution in [0.2, 0.25) is 0 Å². The van der Waals surface area contributed by atoms with Crippen LogP contribution in [0.5, 0.6) is 0 Å². The molecule has 0 radical (unpaired) electrons. The van der Waals surface area contributed by atoms with E-state index in [1.807, 2.05) is 79.7 Å². The van der Waals surface area contributed by atoms with Gasteiger partial charge in [-0.15, -0.1) is 0 Å². The molecule has 1 saturated heterocycles. The summed E-state index contributed by atoms with van der Waals surface area (Å²) in [7, 11) is -4.74. The Kier molecular flexibility index (Phi) is 8.28. The summed E-state index contributed by atoms with van der Waals surface area (Å²) >= 11 is 0. The minimum atomic E-state index is -2.94. The van der Waals surface area contributed by atoms with E-state index in [0.29, 0.717) is 23.4 Å². The molecule has 0 bridgehead atoms. The number of alkyl carbamates (subject to hydrolysis) is 1. The lowest BCUT2D eigenvalue weighted by molar-refractivity contribution is 0.123. The van der Waals surface area contributed by atoms with Crippen molar-refractivity contribution in [1.29, 1.82) is 0 Å². The lowest BCUT2D eigenvalue weighted by Gasteiger charge is -2.30. The molecule has 4 rings (SSSR count). The molecule has 1 aliphatic heterocycles. The average Bonchev–Trinajstić information content (AvgIpc) is 3.49. The van der Waals surface area contributed by atoms with Gasteiger partial charge in [-0.2, -0.15) is 0 Å². The number of benzene rings is 2. The summed E-state index contributed by atoms with van der Waals surface area (Å²) < 4.78 is 31.9. The van der Waals surface area contributed by atoms with Crippen LogP contribution in [0.1, 0.15) is 39.2 Å². The summed E-state index contributed by atoms with van der Waals surface area (Å²) in [6.45, 7) is 6.29. The molecule has 1 fully saturated rings. The molecular weight excluding hydrogens is 493 g/mol. The molecule has 0 aliphatic carbocycles. The van der Waals surface area contributed by atoms with Gasteiger partial charge in [0, 0.05) is 11.9 Å². The minimum absolute atomic E-state index is 0.00178. The first-order valence-electron chi connectivity index (χ1n) is 12.4. The third-order valence-corrected chi connectivity index (χ3v) is 8.96. The molecule has 2 aromatic carbocycles. The predicted octanol–water partition coefficient (Wildman–Crippen LogP) is 3.79. The lowest BCUT2D eigenvalue weighted by atomic mass is 9.76. The van der Waals surface area contributed by atoms with Gasteiger partial charge in [0.05, 0.1) is 28.7 Å².